The topological polar surface area (TPSA) is 64.9 Å². The van der Waals surface area contributed by atoms with Crippen molar-refractivity contribution in [2.75, 3.05) is 0 Å². The van der Waals surface area contributed by atoms with Gasteiger partial charge in [0.25, 0.3) is 0 Å². The lowest BCUT2D eigenvalue weighted by atomic mass is 9.77. The summed E-state index contributed by atoms with van der Waals surface area (Å²) < 4.78 is 43.5. The summed E-state index contributed by atoms with van der Waals surface area (Å²) in [5.41, 5.74) is 5.58. The summed E-state index contributed by atoms with van der Waals surface area (Å²) in [6.07, 6.45) is -1.25. The van der Waals surface area contributed by atoms with Gasteiger partial charge in [0, 0.05) is 5.92 Å². The van der Waals surface area contributed by atoms with E-state index in [2.05, 4.69) is 10.1 Å². The fraction of sp³-hybridized carbons (Fsp3) is 0.500. The van der Waals surface area contributed by atoms with Crippen LogP contribution in [0.15, 0.2) is 28.8 Å². The van der Waals surface area contributed by atoms with Gasteiger partial charge in [-0.2, -0.15) is 18.2 Å². The number of nitrogens with zero attached hydrogens (tertiary/aromatic N) is 2. The number of aromatic nitrogens is 2. The number of alkyl halides is 3. The lowest BCUT2D eigenvalue weighted by Crippen LogP contribution is -2.44. The zero-order valence-corrected chi connectivity index (χ0v) is 14.0. The van der Waals surface area contributed by atoms with E-state index in [1.54, 1.807) is 6.07 Å². The van der Waals surface area contributed by atoms with Gasteiger partial charge >= 0.3 is 6.18 Å². The molecule has 8 heteroatoms. The highest BCUT2D eigenvalue weighted by atomic mass is 35.5. The monoisotopic (exact) mass is 361 g/mol. The molecule has 0 radical (unpaired) electrons. The maximum Gasteiger partial charge on any atom is 0.416 e. The fourth-order valence-corrected chi connectivity index (χ4v) is 2.73. The van der Waals surface area contributed by atoms with Gasteiger partial charge in [-0.25, -0.2) is 0 Å². The average Bonchev–Trinajstić information content (AvgIpc) is 2.94. The highest BCUT2D eigenvalue weighted by Crippen LogP contribution is 2.37. The van der Waals surface area contributed by atoms with Crippen LogP contribution in [0.25, 0.3) is 0 Å². The highest BCUT2D eigenvalue weighted by molar-refractivity contribution is 5.85. The molecular formula is C16H19ClF3N3O. The van der Waals surface area contributed by atoms with Gasteiger partial charge in [-0.05, 0) is 37.3 Å². The first-order valence-electron chi connectivity index (χ1n) is 7.57. The molecule has 2 aromatic rings. The van der Waals surface area contributed by atoms with Crippen molar-refractivity contribution in [2.24, 2.45) is 5.73 Å². The molecule has 132 valence electrons. The van der Waals surface area contributed by atoms with Crippen LogP contribution in [0.1, 0.15) is 54.9 Å². The normalized spacial score (nSPS) is 17.7. The summed E-state index contributed by atoms with van der Waals surface area (Å²) in [5, 5.41) is 3.94. The molecule has 1 unspecified atom stereocenters. The van der Waals surface area contributed by atoms with E-state index in [1.807, 2.05) is 6.92 Å². The zero-order chi connectivity index (χ0) is 16.7. The Morgan fingerprint density at radius 1 is 1.33 bits per heavy atom. The second-order valence-electron chi connectivity index (χ2n) is 6.27. The smallest absolute Gasteiger partial charge is 0.339 e. The third-order valence-electron chi connectivity index (χ3n) is 4.35. The standard InChI is InChI=1S/C16H18F3N3O.ClH/c1-10(8-11-4-2-5-12(9-11)16(17,18)19)13-21-14(22-23-13)15(20)6-3-7-15;/h2,4-5,9-10H,3,6-8,20H2,1H3;1H. The number of hydrogen-bond donors (Lipinski definition) is 1. The molecule has 0 spiro atoms. The second-order valence-corrected chi connectivity index (χ2v) is 6.27. The maximum absolute atomic E-state index is 12.8. The minimum absolute atomic E-state index is 0. The van der Waals surface area contributed by atoms with E-state index in [4.69, 9.17) is 10.3 Å². The van der Waals surface area contributed by atoms with Crippen LogP contribution >= 0.6 is 12.4 Å². The Kier molecular flexibility index (Phi) is 5.25. The van der Waals surface area contributed by atoms with Crippen LogP contribution in [0.4, 0.5) is 13.2 Å². The summed E-state index contributed by atoms with van der Waals surface area (Å²) >= 11 is 0. The van der Waals surface area contributed by atoms with Crippen LogP contribution < -0.4 is 5.73 Å². The molecule has 1 fully saturated rings. The number of rotatable bonds is 4. The number of halogens is 4. The molecule has 1 aliphatic rings. The number of benzene rings is 1. The lowest BCUT2D eigenvalue weighted by Gasteiger charge is -2.34. The molecule has 1 atom stereocenters. The highest BCUT2D eigenvalue weighted by Gasteiger charge is 2.39. The molecular weight excluding hydrogens is 343 g/mol. The Bertz CT molecular complexity index is 698. The van der Waals surface area contributed by atoms with Crippen molar-refractivity contribution in [2.45, 2.75) is 50.2 Å². The van der Waals surface area contributed by atoms with E-state index in [1.165, 1.54) is 6.07 Å². The van der Waals surface area contributed by atoms with Gasteiger partial charge in [0.05, 0.1) is 11.1 Å². The molecule has 24 heavy (non-hydrogen) atoms. The molecule has 2 N–H and O–H groups in total. The first kappa shape index (κ1) is 18.7. The molecule has 0 aliphatic heterocycles. The Balaban J connectivity index is 0.00000208. The van der Waals surface area contributed by atoms with Crippen LogP contribution in [0, 0.1) is 0 Å². The van der Waals surface area contributed by atoms with Crippen molar-refractivity contribution in [1.82, 2.24) is 10.1 Å². The van der Waals surface area contributed by atoms with Gasteiger partial charge in [-0.3, -0.25) is 0 Å². The van der Waals surface area contributed by atoms with Crippen LogP contribution in [0.5, 0.6) is 0 Å². The molecule has 0 amide bonds. The molecule has 3 rings (SSSR count). The van der Waals surface area contributed by atoms with Crippen LogP contribution in [-0.4, -0.2) is 10.1 Å². The van der Waals surface area contributed by atoms with E-state index in [9.17, 15) is 13.2 Å². The minimum atomic E-state index is -4.34. The van der Waals surface area contributed by atoms with Gasteiger partial charge in [0.2, 0.25) is 5.89 Å². The van der Waals surface area contributed by atoms with E-state index in [-0.39, 0.29) is 18.3 Å². The molecule has 1 aromatic heterocycles. The Morgan fingerprint density at radius 2 is 2.04 bits per heavy atom. The SMILES string of the molecule is CC(Cc1cccc(C(F)(F)F)c1)c1nc(C2(N)CCC2)no1.Cl. The molecule has 1 aliphatic carbocycles. The van der Waals surface area contributed by atoms with E-state index in [0.29, 0.717) is 23.7 Å². The molecule has 1 saturated carbocycles. The molecule has 0 bridgehead atoms. The van der Waals surface area contributed by atoms with E-state index in [0.717, 1.165) is 31.4 Å². The summed E-state index contributed by atoms with van der Waals surface area (Å²) in [4.78, 5) is 4.35. The first-order chi connectivity index (χ1) is 10.8. The number of nitrogens with two attached hydrogens (primary N) is 1. The molecule has 0 saturated heterocycles. The van der Waals surface area contributed by atoms with Crippen molar-refractivity contribution in [3.8, 4) is 0 Å². The van der Waals surface area contributed by atoms with Gasteiger partial charge in [0.1, 0.15) is 0 Å². The van der Waals surface area contributed by atoms with Crippen molar-refractivity contribution < 1.29 is 17.7 Å². The molecule has 1 heterocycles. The van der Waals surface area contributed by atoms with Crippen LogP contribution in [0.3, 0.4) is 0 Å². The van der Waals surface area contributed by atoms with Crippen molar-refractivity contribution in [3.05, 3.63) is 47.1 Å². The van der Waals surface area contributed by atoms with Crippen molar-refractivity contribution >= 4 is 12.4 Å². The van der Waals surface area contributed by atoms with Crippen LogP contribution in [0.2, 0.25) is 0 Å². The average molecular weight is 362 g/mol. The maximum atomic E-state index is 12.8. The van der Waals surface area contributed by atoms with Crippen LogP contribution in [-0.2, 0) is 18.1 Å². The second kappa shape index (κ2) is 6.72. The quantitative estimate of drug-likeness (QED) is 0.886. The van der Waals surface area contributed by atoms with E-state index >= 15 is 0 Å². The Hall–Kier alpha value is -1.60. The predicted octanol–water partition coefficient (Wildman–Crippen LogP) is 4.19. The largest absolute Gasteiger partial charge is 0.416 e. The lowest BCUT2D eigenvalue weighted by molar-refractivity contribution is -0.137. The Labute approximate surface area is 144 Å². The summed E-state index contributed by atoms with van der Waals surface area (Å²) in [6.45, 7) is 1.85. The minimum Gasteiger partial charge on any atom is -0.339 e. The summed E-state index contributed by atoms with van der Waals surface area (Å²) in [5.74, 6) is 0.729. The van der Waals surface area contributed by atoms with Gasteiger partial charge in [-0.1, -0.05) is 30.3 Å². The predicted molar refractivity (Wildman–Crippen MR) is 84.8 cm³/mol. The van der Waals surface area contributed by atoms with Crippen molar-refractivity contribution in [3.63, 3.8) is 0 Å². The Morgan fingerprint density at radius 3 is 2.62 bits per heavy atom. The van der Waals surface area contributed by atoms with E-state index < -0.39 is 17.3 Å². The van der Waals surface area contributed by atoms with Crippen molar-refractivity contribution in [1.29, 1.82) is 0 Å². The molecule has 4 nitrogen and oxygen atoms in total. The van der Waals surface area contributed by atoms with Gasteiger partial charge < -0.3 is 10.3 Å². The number of hydrogen-bond acceptors (Lipinski definition) is 4. The summed E-state index contributed by atoms with van der Waals surface area (Å²) in [7, 11) is 0. The molecule has 1 aromatic carbocycles. The fourth-order valence-electron chi connectivity index (χ4n) is 2.73. The summed E-state index contributed by atoms with van der Waals surface area (Å²) in [6, 6.07) is 5.30. The third-order valence-corrected chi connectivity index (χ3v) is 4.35. The van der Waals surface area contributed by atoms with Gasteiger partial charge in [-0.15, -0.1) is 12.4 Å². The zero-order valence-electron chi connectivity index (χ0n) is 13.1. The third kappa shape index (κ3) is 3.72. The first-order valence-corrected chi connectivity index (χ1v) is 7.57. The van der Waals surface area contributed by atoms with Gasteiger partial charge in [0.15, 0.2) is 5.82 Å².